The van der Waals surface area contributed by atoms with Gasteiger partial charge in [-0.3, -0.25) is 4.79 Å². The largest absolute Gasteiger partial charge is 0.383 e. The summed E-state index contributed by atoms with van der Waals surface area (Å²) in [7, 11) is -1.88. The van der Waals surface area contributed by atoms with Crippen molar-refractivity contribution in [2.24, 2.45) is 0 Å². The van der Waals surface area contributed by atoms with Gasteiger partial charge in [-0.05, 0) is 23.8 Å². The standard InChI is InChI=1S/C15H14ClNO4S2/c1-21-5-4-17-15(18)12-6-9-8-23(19,20)13-7-10(16)2-3-11(13)14(9)22-12/h2-3,6-7H,4-5,8H2,1H3,(H,17,18). The first kappa shape index (κ1) is 16.4. The summed E-state index contributed by atoms with van der Waals surface area (Å²) < 4.78 is 29.7. The molecule has 5 nitrogen and oxygen atoms in total. The molecular formula is C15H14ClNO4S2. The highest BCUT2D eigenvalue weighted by Crippen LogP contribution is 2.43. The number of thiophene rings is 1. The van der Waals surface area contributed by atoms with Crippen molar-refractivity contribution in [2.45, 2.75) is 10.6 Å². The lowest BCUT2D eigenvalue weighted by Gasteiger charge is -2.16. The molecule has 2 heterocycles. The number of ether oxygens (including phenoxy) is 1. The Morgan fingerprint density at radius 1 is 1.39 bits per heavy atom. The maximum atomic E-state index is 12.4. The second-order valence-corrected chi connectivity index (χ2v) is 8.56. The van der Waals surface area contributed by atoms with Crippen molar-refractivity contribution in [3.63, 3.8) is 0 Å². The van der Waals surface area contributed by atoms with Crippen LogP contribution in [0.4, 0.5) is 0 Å². The average molecular weight is 372 g/mol. The average Bonchev–Trinajstić information content (AvgIpc) is 2.90. The maximum absolute atomic E-state index is 12.4. The highest BCUT2D eigenvalue weighted by Gasteiger charge is 2.31. The fraction of sp³-hybridized carbons (Fsp3) is 0.267. The Balaban J connectivity index is 2.00. The molecule has 0 saturated carbocycles. The minimum atomic E-state index is -3.44. The van der Waals surface area contributed by atoms with Gasteiger partial charge in [0.05, 0.1) is 22.1 Å². The summed E-state index contributed by atoms with van der Waals surface area (Å²) in [5.41, 5.74) is 1.26. The zero-order chi connectivity index (χ0) is 16.6. The Kier molecular flexibility index (Phi) is 4.46. The summed E-state index contributed by atoms with van der Waals surface area (Å²) in [6.07, 6.45) is 0. The van der Waals surface area contributed by atoms with E-state index in [9.17, 15) is 13.2 Å². The minimum Gasteiger partial charge on any atom is -0.383 e. The van der Waals surface area contributed by atoms with Gasteiger partial charge in [0.25, 0.3) is 5.91 Å². The number of hydrogen-bond acceptors (Lipinski definition) is 5. The zero-order valence-corrected chi connectivity index (χ0v) is 14.6. The van der Waals surface area contributed by atoms with Crippen LogP contribution in [0.5, 0.6) is 0 Å². The number of amides is 1. The third-order valence-electron chi connectivity index (χ3n) is 3.49. The van der Waals surface area contributed by atoms with Gasteiger partial charge in [0.1, 0.15) is 0 Å². The monoisotopic (exact) mass is 371 g/mol. The Bertz CT molecular complexity index is 874. The molecule has 0 atom stereocenters. The molecule has 0 bridgehead atoms. The summed E-state index contributed by atoms with van der Waals surface area (Å²) in [4.78, 5) is 13.7. The molecule has 1 N–H and O–H groups in total. The Morgan fingerprint density at radius 3 is 2.91 bits per heavy atom. The molecule has 0 saturated heterocycles. The number of fused-ring (bicyclic) bond motifs is 3. The molecule has 3 rings (SSSR count). The molecule has 1 aromatic carbocycles. The molecule has 1 aliphatic heterocycles. The van der Waals surface area contributed by atoms with Crippen molar-refractivity contribution in [3.05, 3.63) is 39.7 Å². The van der Waals surface area contributed by atoms with Crippen molar-refractivity contribution in [2.75, 3.05) is 20.3 Å². The van der Waals surface area contributed by atoms with E-state index < -0.39 is 9.84 Å². The van der Waals surface area contributed by atoms with Crippen LogP contribution in [-0.4, -0.2) is 34.6 Å². The maximum Gasteiger partial charge on any atom is 0.261 e. The summed E-state index contributed by atoms with van der Waals surface area (Å²) in [6.45, 7) is 0.828. The van der Waals surface area contributed by atoms with Crippen LogP contribution in [0.25, 0.3) is 10.4 Å². The van der Waals surface area contributed by atoms with Gasteiger partial charge < -0.3 is 10.1 Å². The quantitative estimate of drug-likeness (QED) is 0.839. The molecule has 0 aliphatic carbocycles. The second-order valence-electron chi connectivity index (χ2n) is 5.11. The number of rotatable bonds is 4. The zero-order valence-electron chi connectivity index (χ0n) is 12.3. The Labute approximate surface area is 143 Å². The SMILES string of the molecule is COCCNC(=O)c1cc2c(s1)-c1ccc(Cl)cc1S(=O)(=O)C2. The highest BCUT2D eigenvalue weighted by atomic mass is 35.5. The first-order chi connectivity index (χ1) is 10.9. The van der Waals surface area contributed by atoms with Gasteiger partial charge >= 0.3 is 0 Å². The van der Waals surface area contributed by atoms with Gasteiger partial charge in [0, 0.05) is 29.1 Å². The number of hydrogen-bond donors (Lipinski definition) is 1. The summed E-state index contributed by atoms with van der Waals surface area (Å²) in [6, 6.07) is 6.46. The van der Waals surface area contributed by atoms with Gasteiger partial charge in [-0.15, -0.1) is 11.3 Å². The molecule has 0 radical (unpaired) electrons. The molecule has 23 heavy (non-hydrogen) atoms. The van der Waals surface area contributed by atoms with Crippen LogP contribution < -0.4 is 5.32 Å². The first-order valence-electron chi connectivity index (χ1n) is 6.85. The topological polar surface area (TPSA) is 72.5 Å². The molecule has 122 valence electrons. The molecule has 1 aliphatic rings. The van der Waals surface area contributed by atoms with Crippen molar-refractivity contribution < 1.29 is 17.9 Å². The lowest BCUT2D eigenvalue weighted by molar-refractivity contribution is 0.0941. The van der Waals surface area contributed by atoms with E-state index in [0.29, 0.717) is 34.2 Å². The lowest BCUT2D eigenvalue weighted by Crippen LogP contribution is -2.26. The minimum absolute atomic E-state index is 0.114. The van der Waals surface area contributed by atoms with Crippen LogP contribution in [-0.2, 0) is 20.3 Å². The van der Waals surface area contributed by atoms with E-state index in [1.807, 2.05) is 0 Å². The first-order valence-corrected chi connectivity index (χ1v) is 9.69. The molecule has 1 amide bonds. The van der Waals surface area contributed by atoms with Crippen molar-refractivity contribution >= 4 is 38.7 Å². The third kappa shape index (κ3) is 3.14. The van der Waals surface area contributed by atoms with Gasteiger partial charge in [-0.1, -0.05) is 17.7 Å². The molecule has 8 heteroatoms. The lowest BCUT2D eigenvalue weighted by atomic mass is 10.1. The van der Waals surface area contributed by atoms with Crippen LogP contribution in [0.15, 0.2) is 29.2 Å². The summed E-state index contributed by atoms with van der Waals surface area (Å²) in [5.74, 6) is -0.341. The third-order valence-corrected chi connectivity index (χ3v) is 6.64. The number of carbonyl (C=O) groups is 1. The van der Waals surface area contributed by atoms with Gasteiger partial charge in [-0.25, -0.2) is 8.42 Å². The number of methoxy groups -OCH3 is 1. The van der Waals surface area contributed by atoms with Gasteiger partial charge in [0.2, 0.25) is 0 Å². The van der Waals surface area contributed by atoms with E-state index in [4.69, 9.17) is 16.3 Å². The van der Waals surface area contributed by atoms with Crippen LogP contribution in [0.2, 0.25) is 5.02 Å². The van der Waals surface area contributed by atoms with Gasteiger partial charge in [0.15, 0.2) is 9.84 Å². The van der Waals surface area contributed by atoms with E-state index in [0.717, 1.165) is 4.88 Å². The Morgan fingerprint density at radius 2 is 2.17 bits per heavy atom. The van der Waals surface area contributed by atoms with Crippen LogP contribution in [0, 0.1) is 0 Å². The number of sulfone groups is 1. The fourth-order valence-electron chi connectivity index (χ4n) is 2.45. The van der Waals surface area contributed by atoms with E-state index >= 15 is 0 Å². The predicted molar refractivity (Wildman–Crippen MR) is 89.9 cm³/mol. The van der Waals surface area contributed by atoms with Crippen molar-refractivity contribution in [3.8, 4) is 10.4 Å². The second kappa shape index (κ2) is 6.24. The number of halogens is 1. The predicted octanol–water partition coefficient (Wildman–Crippen LogP) is 2.73. The smallest absolute Gasteiger partial charge is 0.261 e. The van der Waals surface area contributed by atoms with Crippen LogP contribution >= 0.6 is 22.9 Å². The summed E-state index contributed by atoms with van der Waals surface area (Å²) in [5, 5.41) is 3.12. The summed E-state index contributed by atoms with van der Waals surface area (Å²) >= 11 is 7.21. The fourth-order valence-corrected chi connectivity index (χ4v) is 5.59. The normalized spacial score (nSPS) is 14.9. The van der Waals surface area contributed by atoms with Crippen LogP contribution in [0.1, 0.15) is 15.2 Å². The Hall–Kier alpha value is -1.41. The van der Waals surface area contributed by atoms with E-state index in [1.54, 1.807) is 25.3 Å². The number of benzene rings is 1. The van der Waals surface area contributed by atoms with E-state index in [2.05, 4.69) is 5.32 Å². The number of nitrogens with one attached hydrogen (secondary N) is 1. The highest BCUT2D eigenvalue weighted by molar-refractivity contribution is 7.91. The molecule has 2 aromatic rings. The van der Waals surface area contributed by atoms with Crippen LogP contribution in [0.3, 0.4) is 0 Å². The van der Waals surface area contributed by atoms with Crippen molar-refractivity contribution in [1.29, 1.82) is 0 Å². The molecular weight excluding hydrogens is 358 g/mol. The molecule has 0 spiro atoms. The van der Waals surface area contributed by atoms with Crippen molar-refractivity contribution in [1.82, 2.24) is 5.32 Å². The molecule has 0 fully saturated rings. The van der Waals surface area contributed by atoms with E-state index in [-0.39, 0.29) is 16.6 Å². The molecule has 1 aromatic heterocycles. The van der Waals surface area contributed by atoms with Gasteiger partial charge in [-0.2, -0.15) is 0 Å². The number of carbonyl (C=O) groups excluding carboxylic acids is 1. The van der Waals surface area contributed by atoms with E-state index in [1.165, 1.54) is 17.4 Å². The molecule has 0 unspecified atom stereocenters.